The maximum atomic E-state index is 4.54. The zero-order valence-corrected chi connectivity index (χ0v) is 10.8. The summed E-state index contributed by atoms with van der Waals surface area (Å²) < 4.78 is 3.01. The summed E-state index contributed by atoms with van der Waals surface area (Å²) in [5, 5.41) is 0. The Balaban J connectivity index is 2.24. The van der Waals surface area contributed by atoms with Gasteiger partial charge in [-0.15, -0.1) is 0 Å². The highest BCUT2D eigenvalue weighted by atomic mass is 79.9. The van der Waals surface area contributed by atoms with E-state index in [0.717, 1.165) is 27.0 Å². The van der Waals surface area contributed by atoms with Crippen molar-refractivity contribution >= 4 is 27.0 Å². The van der Waals surface area contributed by atoms with Crippen LogP contribution in [0.1, 0.15) is 5.69 Å². The molecule has 0 spiro atoms. The van der Waals surface area contributed by atoms with Crippen molar-refractivity contribution in [1.82, 2.24) is 14.5 Å². The van der Waals surface area contributed by atoms with Gasteiger partial charge in [0, 0.05) is 4.47 Å². The molecule has 3 rings (SSSR count). The molecule has 4 heteroatoms. The Morgan fingerprint density at radius 2 is 1.94 bits per heavy atom. The van der Waals surface area contributed by atoms with E-state index < -0.39 is 0 Å². The molecular weight excluding hydrogens is 278 g/mol. The van der Waals surface area contributed by atoms with Crippen molar-refractivity contribution in [1.29, 1.82) is 0 Å². The maximum absolute atomic E-state index is 4.54. The first-order valence-corrected chi connectivity index (χ1v) is 6.10. The lowest BCUT2D eigenvalue weighted by atomic mass is 10.3. The summed E-state index contributed by atoms with van der Waals surface area (Å²) in [6, 6.07) is 12.0. The number of para-hydroxylation sites is 2. The van der Waals surface area contributed by atoms with Crippen molar-refractivity contribution < 1.29 is 0 Å². The molecule has 84 valence electrons. The number of halogens is 1. The van der Waals surface area contributed by atoms with Gasteiger partial charge in [0.25, 0.3) is 0 Å². The summed E-state index contributed by atoms with van der Waals surface area (Å²) in [4.78, 5) is 8.90. The van der Waals surface area contributed by atoms with Gasteiger partial charge in [-0.3, -0.25) is 4.57 Å². The second-order valence-electron chi connectivity index (χ2n) is 3.84. The van der Waals surface area contributed by atoms with Gasteiger partial charge in [0.1, 0.15) is 12.1 Å². The molecule has 0 bridgehead atoms. The van der Waals surface area contributed by atoms with Crippen LogP contribution in [0.25, 0.3) is 16.9 Å². The first-order valence-electron chi connectivity index (χ1n) is 5.31. The molecule has 0 radical (unpaired) electrons. The van der Waals surface area contributed by atoms with E-state index in [1.165, 1.54) is 0 Å². The van der Waals surface area contributed by atoms with Crippen LogP contribution in [0.4, 0.5) is 0 Å². The summed E-state index contributed by atoms with van der Waals surface area (Å²) in [6.07, 6.45) is 1.81. The van der Waals surface area contributed by atoms with Gasteiger partial charge in [0.15, 0.2) is 0 Å². The average molecular weight is 288 g/mol. The summed E-state index contributed by atoms with van der Waals surface area (Å²) in [5.41, 5.74) is 3.02. The fourth-order valence-corrected chi connectivity index (χ4v) is 2.03. The van der Waals surface area contributed by atoms with Crippen molar-refractivity contribution in [3.8, 4) is 5.82 Å². The Kier molecular flexibility index (Phi) is 2.44. The van der Waals surface area contributed by atoms with E-state index in [-0.39, 0.29) is 0 Å². The lowest BCUT2D eigenvalue weighted by Crippen LogP contribution is -1.97. The summed E-state index contributed by atoms with van der Waals surface area (Å²) in [6.45, 7) is 1.98. The van der Waals surface area contributed by atoms with E-state index in [2.05, 4.69) is 25.9 Å². The first kappa shape index (κ1) is 10.5. The molecule has 2 aromatic heterocycles. The van der Waals surface area contributed by atoms with Gasteiger partial charge in [0.2, 0.25) is 0 Å². The molecule has 2 heterocycles. The number of fused-ring (bicyclic) bond motifs is 1. The van der Waals surface area contributed by atoms with Crippen LogP contribution in [0, 0.1) is 6.92 Å². The molecule has 0 aliphatic heterocycles. The van der Waals surface area contributed by atoms with Crippen LogP contribution in [-0.2, 0) is 0 Å². The van der Waals surface area contributed by atoms with Crippen LogP contribution in [0.5, 0.6) is 0 Å². The van der Waals surface area contributed by atoms with Crippen molar-refractivity contribution in [3.05, 3.63) is 52.9 Å². The molecule has 3 nitrogen and oxygen atoms in total. The third-order valence-electron chi connectivity index (χ3n) is 2.71. The minimum absolute atomic E-state index is 0.888. The average Bonchev–Trinajstić information content (AvgIpc) is 2.76. The predicted molar refractivity (Wildman–Crippen MR) is 71.3 cm³/mol. The Labute approximate surface area is 107 Å². The van der Waals surface area contributed by atoms with Crippen LogP contribution >= 0.6 is 15.9 Å². The number of benzene rings is 1. The van der Waals surface area contributed by atoms with Crippen molar-refractivity contribution in [2.45, 2.75) is 6.92 Å². The van der Waals surface area contributed by atoms with Gasteiger partial charge in [0.05, 0.1) is 16.7 Å². The van der Waals surface area contributed by atoms with E-state index >= 15 is 0 Å². The molecule has 1 aromatic carbocycles. The molecule has 0 N–H and O–H groups in total. The van der Waals surface area contributed by atoms with Crippen molar-refractivity contribution in [2.24, 2.45) is 0 Å². The topological polar surface area (TPSA) is 30.7 Å². The molecule has 0 fully saturated rings. The van der Waals surface area contributed by atoms with Gasteiger partial charge in [-0.2, -0.15) is 0 Å². The van der Waals surface area contributed by atoms with Crippen LogP contribution in [0.3, 0.4) is 0 Å². The Bertz CT molecular complexity index is 688. The second kappa shape index (κ2) is 3.96. The lowest BCUT2D eigenvalue weighted by Gasteiger charge is -2.05. The number of hydrogen-bond acceptors (Lipinski definition) is 2. The number of hydrogen-bond donors (Lipinski definition) is 0. The van der Waals surface area contributed by atoms with E-state index in [1.807, 2.05) is 47.9 Å². The molecule has 0 amide bonds. The second-order valence-corrected chi connectivity index (χ2v) is 4.69. The monoisotopic (exact) mass is 287 g/mol. The zero-order chi connectivity index (χ0) is 11.8. The minimum Gasteiger partial charge on any atom is -0.283 e. The van der Waals surface area contributed by atoms with Crippen LogP contribution in [-0.4, -0.2) is 14.5 Å². The normalized spacial score (nSPS) is 10.9. The lowest BCUT2D eigenvalue weighted by molar-refractivity contribution is 0.996. The Hall–Kier alpha value is -1.68. The smallest absolute Gasteiger partial charge is 0.138 e. The fraction of sp³-hybridized carbons (Fsp3) is 0.0769. The molecule has 0 saturated heterocycles. The molecule has 0 aliphatic carbocycles. The highest BCUT2D eigenvalue weighted by Gasteiger charge is 2.05. The first-order chi connectivity index (χ1) is 8.25. The van der Waals surface area contributed by atoms with Gasteiger partial charge < -0.3 is 0 Å². The number of aromatic nitrogens is 3. The van der Waals surface area contributed by atoms with E-state index in [1.54, 1.807) is 6.33 Å². The van der Waals surface area contributed by atoms with Crippen molar-refractivity contribution in [3.63, 3.8) is 0 Å². The summed E-state index contributed by atoms with van der Waals surface area (Å²) in [7, 11) is 0. The number of rotatable bonds is 1. The number of imidazole rings is 1. The molecule has 17 heavy (non-hydrogen) atoms. The van der Waals surface area contributed by atoms with E-state index in [0.29, 0.717) is 0 Å². The third-order valence-corrected chi connectivity index (χ3v) is 3.55. The Morgan fingerprint density at radius 3 is 2.76 bits per heavy atom. The summed E-state index contributed by atoms with van der Waals surface area (Å²) >= 11 is 3.46. The minimum atomic E-state index is 0.888. The molecule has 3 aromatic rings. The molecule has 0 unspecified atom stereocenters. The Morgan fingerprint density at radius 1 is 1.12 bits per heavy atom. The standard InChI is InChI=1S/C13H10BrN3/c1-9-10(14)6-7-13(16-9)17-8-15-11-4-2-3-5-12(11)17/h2-8H,1H3. The number of pyridine rings is 1. The van der Waals surface area contributed by atoms with Gasteiger partial charge >= 0.3 is 0 Å². The number of aryl methyl sites for hydroxylation is 1. The molecule has 0 aliphatic rings. The van der Waals surface area contributed by atoms with Crippen LogP contribution < -0.4 is 0 Å². The van der Waals surface area contributed by atoms with Crippen molar-refractivity contribution in [2.75, 3.05) is 0 Å². The number of nitrogens with zero attached hydrogens (tertiary/aromatic N) is 3. The maximum Gasteiger partial charge on any atom is 0.138 e. The highest BCUT2D eigenvalue weighted by molar-refractivity contribution is 9.10. The molecule has 0 saturated carbocycles. The van der Waals surface area contributed by atoms with E-state index in [4.69, 9.17) is 0 Å². The van der Waals surface area contributed by atoms with Gasteiger partial charge in [-0.25, -0.2) is 9.97 Å². The zero-order valence-electron chi connectivity index (χ0n) is 9.26. The summed E-state index contributed by atoms with van der Waals surface area (Å²) in [5.74, 6) is 0.888. The van der Waals surface area contributed by atoms with Crippen LogP contribution in [0.15, 0.2) is 47.2 Å². The van der Waals surface area contributed by atoms with Gasteiger partial charge in [-0.1, -0.05) is 12.1 Å². The quantitative estimate of drug-likeness (QED) is 0.686. The van der Waals surface area contributed by atoms with E-state index in [9.17, 15) is 0 Å². The molecular formula is C13H10BrN3. The molecule has 0 atom stereocenters. The van der Waals surface area contributed by atoms with Gasteiger partial charge in [-0.05, 0) is 47.1 Å². The SMILES string of the molecule is Cc1nc(-n2cnc3ccccc32)ccc1Br. The fourth-order valence-electron chi connectivity index (χ4n) is 1.81. The van der Waals surface area contributed by atoms with Crippen LogP contribution in [0.2, 0.25) is 0 Å². The predicted octanol–water partition coefficient (Wildman–Crippen LogP) is 3.49. The largest absolute Gasteiger partial charge is 0.283 e. The third kappa shape index (κ3) is 1.74. The highest BCUT2D eigenvalue weighted by Crippen LogP contribution is 2.19.